The fourth-order valence-electron chi connectivity index (χ4n) is 3.33. The van der Waals surface area contributed by atoms with Crippen molar-refractivity contribution in [1.29, 1.82) is 0 Å². The number of benzene rings is 3. The van der Waals surface area contributed by atoms with Crippen molar-refractivity contribution in [2.45, 2.75) is 30.7 Å². The van der Waals surface area contributed by atoms with Crippen LogP contribution in [0.3, 0.4) is 0 Å². The average molecular weight is 425 g/mol. The van der Waals surface area contributed by atoms with E-state index in [4.69, 9.17) is 21.1 Å². The first-order chi connectivity index (χ1) is 15.1. The molecule has 0 aliphatic heterocycles. The summed E-state index contributed by atoms with van der Waals surface area (Å²) in [6.07, 6.45) is 5.35. The van der Waals surface area contributed by atoms with E-state index in [0.717, 1.165) is 38.8 Å². The number of hydrogen-bond donors (Lipinski definition) is 0. The lowest BCUT2D eigenvalue weighted by Gasteiger charge is -2.12. The van der Waals surface area contributed by atoms with E-state index in [1.165, 1.54) is 11.1 Å². The van der Waals surface area contributed by atoms with Gasteiger partial charge < -0.3 is 4.74 Å². The molecule has 3 nitrogen and oxygen atoms in total. The number of nitrogens with zero attached hydrogens (tertiary/aromatic N) is 2. The molecule has 0 bridgehead atoms. The van der Waals surface area contributed by atoms with E-state index >= 15 is 0 Å². The molecule has 0 saturated heterocycles. The van der Waals surface area contributed by atoms with Crippen molar-refractivity contribution in [3.05, 3.63) is 83.9 Å². The first kappa shape index (κ1) is 21.0. The quantitative estimate of drug-likeness (QED) is 0.187. The minimum Gasteiger partial charge on any atom is -0.481 e. The molecule has 4 rings (SSSR count). The average Bonchev–Trinajstić information content (AvgIpc) is 2.81. The highest BCUT2D eigenvalue weighted by atomic mass is 32.2. The van der Waals surface area contributed by atoms with E-state index in [1.54, 1.807) is 11.8 Å². The van der Waals surface area contributed by atoms with Gasteiger partial charge in [0, 0.05) is 16.7 Å². The second-order valence-electron chi connectivity index (χ2n) is 7.58. The molecule has 0 amide bonds. The van der Waals surface area contributed by atoms with Crippen molar-refractivity contribution in [2.75, 3.05) is 6.61 Å². The minimum atomic E-state index is 0.232. The molecule has 0 aliphatic rings. The predicted octanol–water partition coefficient (Wildman–Crippen LogP) is 6.72. The van der Waals surface area contributed by atoms with Crippen molar-refractivity contribution in [1.82, 2.24) is 9.97 Å². The summed E-state index contributed by atoms with van der Waals surface area (Å²) >= 11 is 1.64. The number of terminal acetylenes is 1. The number of ether oxygens (including phenoxy) is 1. The van der Waals surface area contributed by atoms with E-state index in [2.05, 4.69) is 68.3 Å². The third kappa shape index (κ3) is 5.07. The molecule has 0 spiro atoms. The molecule has 4 heteroatoms. The standard InChI is InChI=1S/C27H24N2OS/c1-4-16-30-23-14-15-25-24(17-23)26(22-12-10-21(11-13-22)19(2)3)29-27(28-25)31-18-20-8-6-5-7-9-20/h1,5-15,17,19H,16,18H2,2-3H3. The Balaban J connectivity index is 1.75. The maximum Gasteiger partial charge on any atom is 0.189 e. The lowest BCUT2D eigenvalue weighted by Crippen LogP contribution is -1.97. The van der Waals surface area contributed by atoms with Crippen LogP contribution in [-0.4, -0.2) is 16.6 Å². The second-order valence-corrected chi connectivity index (χ2v) is 8.52. The number of hydrogen-bond acceptors (Lipinski definition) is 4. The monoisotopic (exact) mass is 424 g/mol. The van der Waals surface area contributed by atoms with Crippen molar-refractivity contribution in [3.8, 4) is 29.4 Å². The van der Waals surface area contributed by atoms with Crippen molar-refractivity contribution >= 4 is 22.7 Å². The summed E-state index contributed by atoms with van der Waals surface area (Å²) in [4.78, 5) is 9.74. The molecular weight excluding hydrogens is 400 g/mol. The van der Waals surface area contributed by atoms with E-state index in [1.807, 2.05) is 24.3 Å². The molecule has 3 aromatic carbocycles. The Hall–Kier alpha value is -3.29. The summed E-state index contributed by atoms with van der Waals surface area (Å²) < 4.78 is 5.64. The van der Waals surface area contributed by atoms with Crippen LogP contribution in [0.25, 0.3) is 22.2 Å². The topological polar surface area (TPSA) is 35.0 Å². The Morgan fingerprint density at radius 3 is 2.45 bits per heavy atom. The van der Waals surface area contributed by atoms with Gasteiger partial charge in [0.1, 0.15) is 12.4 Å². The van der Waals surface area contributed by atoms with Crippen LogP contribution in [0, 0.1) is 12.3 Å². The molecule has 0 aliphatic carbocycles. The van der Waals surface area contributed by atoms with E-state index in [9.17, 15) is 0 Å². The predicted molar refractivity (Wildman–Crippen MR) is 129 cm³/mol. The lowest BCUT2D eigenvalue weighted by atomic mass is 9.99. The Morgan fingerprint density at radius 1 is 0.968 bits per heavy atom. The van der Waals surface area contributed by atoms with Crippen molar-refractivity contribution in [2.24, 2.45) is 0 Å². The maximum atomic E-state index is 5.64. The third-order valence-electron chi connectivity index (χ3n) is 5.03. The summed E-state index contributed by atoms with van der Waals surface area (Å²) in [5, 5.41) is 1.72. The molecule has 0 atom stereocenters. The van der Waals surface area contributed by atoms with Gasteiger partial charge in [-0.1, -0.05) is 86.1 Å². The summed E-state index contributed by atoms with van der Waals surface area (Å²) in [5.41, 5.74) is 5.41. The highest BCUT2D eigenvalue weighted by Gasteiger charge is 2.12. The van der Waals surface area contributed by atoms with Gasteiger partial charge in [-0.15, -0.1) is 6.42 Å². The number of fused-ring (bicyclic) bond motifs is 1. The molecule has 1 heterocycles. The lowest BCUT2D eigenvalue weighted by molar-refractivity contribution is 0.371. The highest BCUT2D eigenvalue weighted by molar-refractivity contribution is 7.98. The summed E-state index contributed by atoms with van der Waals surface area (Å²) in [7, 11) is 0. The van der Waals surface area contributed by atoms with E-state index < -0.39 is 0 Å². The molecule has 0 fully saturated rings. The Bertz CT molecular complexity index is 1210. The summed E-state index contributed by atoms with van der Waals surface area (Å²) in [6, 6.07) is 24.8. The van der Waals surface area contributed by atoms with Crippen LogP contribution < -0.4 is 4.74 Å². The molecule has 1 aromatic heterocycles. The fraction of sp³-hybridized carbons (Fsp3) is 0.185. The van der Waals surface area contributed by atoms with E-state index in [-0.39, 0.29) is 6.61 Å². The zero-order valence-corrected chi connectivity index (χ0v) is 18.5. The number of rotatable bonds is 7. The van der Waals surface area contributed by atoms with Crippen LogP contribution in [0.2, 0.25) is 0 Å². The van der Waals surface area contributed by atoms with Gasteiger partial charge in [0.2, 0.25) is 0 Å². The SMILES string of the molecule is C#CCOc1ccc2nc(SCc3ccccc3)nc(-c3ccc(C(C)C)cc3)c2c1. The molecule has 0 N–H and O–H groups in total. The zero-order chi connectivity index (χ0) is 21.6. The normalized spacial score (nSPS) is 10.9. The first-order valence-corrected chi connectivity index (χ1v) is 11.3. The van der Waals surface area contributed by atoms with Crippen molar-refractivity contribution < 1.29 is 4.74 Å². The van der Waals surface area contributed by atoms with Crippen LogP contribution in [-0.2, 0) is 5.75 Å². The van der Waals surface area contributed by atoms with Gasteiger partial charge in [0.15, 0.2) is 5.16 Å². The summed E-state index contributed by atoms with van der Waals surface area (Å²) in [5.74, 6) is 4.54. The maximum absolute atomic E-state index is 5.64. The van der Waals surface area contributed by atoms with Gasteiger partial charge in [-0.25, -0.2) is 9.97 Å². The fourth-order valence-corrected chi connectivity index (χ4v) is 4.14. The molecule has 4 aromatic rings. The zero-order valence-electron chi connectivity index (χ0n) is 17.7. The van der Waals surface area contributed by atoms with Crippen LogP contribution in [0.1, 0.15) is 30.9 Å². The van der Waals surface area contributed by atoms with Crippen molar-refractivity contribution in [3.63, 3.8) is 0 Å². The number of aromatic nitrogens is 2. The third-order valence-corrected chi connectivity index (χ3v) is 5.95. The van der Waals surface area contributed by atoms with Gasteiger partial charge in [0.25, 0.3) is 0 Å². The van der Waals surface area contributed by atoms with Gasteiger partial charge in [-0.2, -0.15) is 0 Å². The Labute approximate surface area is 187 Å². The minimum absolute atomic E-state index is 0.232. The second kappa shape index (κ2) is 9.68. The van der Waals surface area contributed by atoms with Crippen LogP contribution in [0.4, 0.5) is 0 Å². The Morgan fingerprint density at radius 2 is 1.74 bits per heavy atom. The van der Waals surface area contributed by atoms with Crippen LogP contribution in [0.15, 0.2) is 78.0 Å². The molecule has 154 valence electrons. The molecule has 0 radical (unpaired) electrons. The van der Waals surface area contributed by atoms with E-state index in [0.29, 0.717) is 5.92 Å². The van der Waals surface area contributed by atoms with Crippen LogP contribution in [0.5, 0.6) is 5.75 Å². The summed E-state index contributed by atoms with van der Waals surface area (Å²) in [6.45, 7) is 4.63. The first-order valence-electron chi connectivity index (χ1n) is 10.3. The van der Waals surface area contributed by atoms with Gasteiger partial charge in [-0.3, -0.25) is 0 Å². The van der Waals surface area contributed by atoms with Crippen LogP contribution >= 0.6 is 11.8 Å². The van der Waals surface area contributed by atoms with Gasteiger partial charge in [0.05, 0.1) is 11.2 Å². The Kier molecular flexibility index (Phi) is 6.54. The smallest absolute Gasteiger partial charge is 0.189 e. The molecule has 0 unspecified atom stereocenters. The molecular formula is C27H24N2OS. The van der Waals surface area contributed by atoms with Gasteiger partial charge >= 0.3 is 0 Å². The highest BCUT2D eigenvalue weighted by Crippen LogP contribution is 2.32. The molecule has 0 saturated carbocycles. The van der Waals surface area contributed by atoms with Gasteiger partial charge in [-0.05, 0) is 35.2 Å². The number of thioether (sulfide) groups is 1. The largest absolute Gasteiger partial charge is 0.481 e. The molecule has 31 heavy (non-hydrogen) atoms.